The highest BCUT2D eigenvalue weighted by Crippen LogP contribution is 2.19. The third kappa shape index (κ3) is 2.21. The maximum Gasteiger partial charge on any atom is 0.130 e. The van der Waals surface area contributed by atoms with Gasteiger partial charge in [-0.1, -0.05) is 0 Å². The highest BCUT2D eigenvalue weighted by Gasteiger charge is 2.03. The van der Waals surface area contributed by atoms with E-state index in [4.69, 9.17) is 4.74 Å². The van der Waals surface area contributed by atoms with Crippen LogP contribution in [0.5, 0.6) is 5.75 Å². The van der Waals surface area contributed by atoms with Crippen LogP contribution in [0.1, 0.15) is 11.3 Å². The van der Waals surface area contributed by atoms with Crippen molar-refractivity contribution in [3.8, 4) is 5.75 Å². The molecule has 1 aromatic heterocycles. The number of halogens is 1. The lowest BCUT2D eigenvalue weighted by Crippen LogP contribution is -2.02. The van der Waals surface area contributed by atoms with Crippen molar-refractivity contribution < 1.29 is 9.13 Å². The van der Waals surface area contributed by atoms with E-state index < -0.39 is 0 Å². The van der Waals surface area contributed by atoms with Crippen molar-refractivity contribution in [3.05, 3.63) is 47.8 Å². The molecule has 0 spiro atoms. The molecule has 0 aliphatic carbocycles. The third-order valence-electron chi connectivity index (χ3n) is 2.43. The summed E-state index contributed by atoms with van der Waals surface area (Å²) in [6.07, 6.45) is 3.47. The largest absolute Gasteiger partial charge is 0.487 e. The zero-order chi connectivity index (χ0) is 11.5. The normalized spacial score (nSPS) is 10.4. The first-order chi connectivity index (χ1) is 7.66. The average Bonchev–Trinajstić information content (AvgIpc) is 2.63. The van der Waals surface area contributed by atoms with E-state index in [1.165, 1.54) is 12.1 Å². The summed E-state index contributed by atoms with van der Waals surface area (Å²) in [5.74, 6) is 0.452. The zero-order valence-corrected chi connectivity index (χ0v) is 9.27. The van der Waals surface area contributed by atoms with Crippen molar-refractivity contribution in [2.75, 3.05) is 0 Å². The number of aryl methyl sites for hydroxylation is 2. The Balaban J connectivity index is 2.08. The molecule has 0 atom stereocenters. The molecule has 1 heterocycles. The van der Waals surface area contributed by atoms with Crippen molar-refractivity contribution in [3.63, 3.8) is 0 Å². The van der Waals surface area contributed by atoms with Crippen LogP contribution in [0, 0.1) is 12.7 Å². The second-order valence-electron chi connectivity index (χ2n) is 3.69. The van der Waals surface area contributed by atoms with Gasteiger partial charge in [0, 0.05) is 7.05 Å². The van der Waals surface area contributed by atoms with E-state index in [0.29, 0.717) is 12.4 Å². The van der Waals surface area contributed by atoms with E-state index in [1.54, 1.807) is 18.6 Å². The molecule has 4 heteroatoms. The molecule has 16 heavy (non-hydrogen) atoms. The van der Waals surface area contributed by atoms with Crippen molar-refractivity contribution in [2.24, 2.45) is 7.05 Å². The van der Waals surface area contributed by atoms with Crippen LogP contribution in [0.3, 0.4) is 0 Å². The molecule has 0 fully saturated rings. The van der Waals surface area contributed by atoms with E-state index in [2.05, 4.69) is 4.98 Å². The van der Waals surface area contributed by atoms with Crippen LogP contribution in [-0.4, -0.2) is 9.55 Å². The molecule has 0 unspecified atom stereocenters. The summed E-state index contributed by atoms with van der Waals surface area (Å²) in [5, 5.41) is 0. The van der Waals surface area contributed by atoms with Gasteiger partial charge in [0.2, 0.25) is 0 Å². The number of rotatable bonds is 3. The summed E-state index contributed by atoms with van der Waals surface area (Å²) >= 11 is 0. The predicted molar refractivity (Wildman–Crippen MR) is 58.7 cm³/mol. The van der Waals surface area contributed by atoms with Gasteiger partial charge in [0.1, 0.15) is 18.2 Å². The predicted octanol–water partition coefficient (Wildman–Crippen LogP) is 2.45. The molecule has 0 amide bonds. The van der Waals surface area contributed by atoms with Crippen molar-refractivity contribution in [1.29, 1.82) is 0 Å². The number of hydrogen-bond acceptors (Lipinski definition) is 2. The Bertz CT molecular complexity index is 494. The Morgan fingerprint density at radius 1 is 1.44 bits per heavy atom. The van der Waals surface area contributed by atoms with E-state index >= 15 is 0 Å². The molecule has 2 aromatic rings. The molecule has 0 aliphatic heterocycles. The van der Waals surface area contributed by atoms with Gasteiger partial charge in [-0.15, -0.1) is 0 Å². The minimum Gasteiger partial charge on any atom is -0.487 e. The number of imidazole rings is 1. The van der Waals surface area contributed by atoms with Crippen molar-refractivity contribution in [2.45, 2.75) is 13.5 Å². The highest BCUT2D eigenvalue weighted by atomic mass is 19.1. The molecular weight excluding hydrogens is 207 g/mol. The first-order valence-corrected chi connectivity index (χ1v) is 5.01. The minimum absolute atomic E-state index is 0.245. The van der Waals surface area contributed by atoms with E-state index in [9.17, 15) is 4.39 Å². The van der Waals surface area contributed by atoms with Crippen LogP contribution in [0.4, 0.5) is 4.39 Å². The Morgan fingerprint density at radius 2 is 2.25 bits per heavy atom. The number of nitrogens with zero attached hydrogens (tertiary/aromatic N) is 2. The Hall–Kier alpha value is -1.84. The summed E-state index contributed by atoms with van der Waals surface area (Å²) in [6, 6.07) is 4.49. The molecule has 84 valence electrons. The molecule has 0 bridgehead atoms. The molecule has 0 aliphatic rings. The summed E-state index contributed by atoms with van der Waals surface area (Å²) in [5.41, 5.74) is 1.77. The van der Waals surface area contributed by atoms with Gasteiger partial charge in [-0.3, -0.25) is 0 Å². The Labute approximate surface area is 93.5 Å². The fourth-order valence-corrected chi connectivity index (χ4v) is 1.45. The minimum atomic E-state index is -0.245. The van der Waals surface area contributed by atoms with Gasteiger partial charge < -0.3 is 9.30 Å². The van der Waals surface area contributed by atoms with E-state index in [-0.39, 0.29) is 5.82 Å². The van der Waals surface area contributed by atoms with Gasteiger partial charge >= 0.3 is 0 Å². The topological polar surface area (TPSA) is 27.1 Å². The summed E-state index contributed by atoms with van der Waals surface area (Å²) in [6.45, 7) is 2.25. The average molecular weight is 220 g/mol. The van der Waals surface area contributed by atoms with Crippen LogP contribution in [0.15, 0.2) is 30.7 Å². The third-order valence-corrected chi connectivity index (χ3v) is 2.43. The summed E-state index contributed by atoms with van der Waals surface area (Å²) in [7, 11) is 1.91. The van der Waals surface area contributed by atoms with E-state index in [0.717, 1.165) is 11.3 Å². The molecule has 2 rings (SSSR count). The Morgan fingerprint density at radius 3 is 2.88 bits per heavy atom. The monoisotopic (exact) mass is 220 g/mol. The van der Waals surface area contributed by atoms with E-state index in [1.807, 2.05) is 18.5 Å². The second kappa shape index (κ2) is 4.35. The lowest BCUT2D eigenvalue weighted by atomic mass is 10.2. The quantitative estimate of drug-likeness (QED) is 0.794. The lowest BCUT2D eigenvalue weighted by molar-refractivity contribution is 0.294. The fraction of sp³-hybridized carbons (Fsp3) is 0.250. The molecule has 0 saturated heterocycles. The molecule has 3 nitrogen and oxygen atoms in total. The SMILES string of the molecule is Cc1cc(F)ccc1OCc1cncn1C. The zero-order valence-electron chi connectivity index (χ0n) is 9.27. The van der Waals surface area contributed by atoms with Crippen molar-refractivity contribution >= 4 is 0 Å². The van der Waals surface area contributed by atoms with Gasteiger partial charge in [0.25, 0.3) is 0 Å². The first kappa shape index (κ1) is 10.7. The number of ether oxygens (including phenoxy) is 1. The van der Waals surface area contributed by atoms with Gasteiger partial charge in [-0.2, -0.15) is 0 Å². The molecule has 0 radical (unpaired) electrons. The van der Waals surface area contributed by atoms with Gasteiger partial charge in [0.15, 0.2) is 0 Å². The van der Waals surface area contributed by atoms with Gasteiger partial charge in [0.05, 0.1) is 18.2 Å². The van der Waals surface area contributed by atoms with Crippen LogP contribution in [0.2, 0.25) is 0 Å². The number of benzene rings is 1. The maximum absolute atomic E-state index is 12.9. The second-order valence-corrected chi connectivity index (χ2v) is 3.69. The maximum atomic E-state index is 12.9. The fourth-order valence-electron chi connectivity index (χ4n) is 1.45. The standard InChI is InChI=1S/C12H13FN2O/c1-9-5-10(13)3-4-12(9)16-7-11-6-14-8-15(11)2/h3-6,8H,7H2,1-2H3. The molecular formula is C12H13FN2O. The van der Waals surface area contributed by atoms with Crippen LogP contribution < -0.4 is 4.74 Å². The molecule has 0 N–H and O–H groups in total. The van der Waals surface area contributed by atoms with Gasteiger partial charge in [-0.25, -0.2) is 9.37 Å². The lowest BCUT2D eigenvalue weighted by Gasteiger charge is -2.09. The summed E-state index contributed by atoms with van der Waals surface area (Å²) < 4.78 is 20.3. The smallest absolute Gasteiger partial charge is 0.130 e. The first-order valence-electron chi connectivity index (χ1n) is 5.01. The Kier molecular flexibility index (Phi) is 2.90. The van der Waals surface area contributed by atoms with Crippen LogP contribution in [-0.2, 0) is 13.7 Å². The summed E-state index contributed by atoms with van der Waals surface area (Å²) in [4.78, 5) is 3.99. The molecule has 0 saturated carbocycles. The molecule has 1 aromatic carbocycles. The van der Waals surface area contributed by atoms with Gasteiger partial charge in [-0.05, 0) is 30.7 Å². The number of aromatic nitrogens is 2. The highest BCUT2D eigenvalue weighted by molar-refractivity contribution is 5.32. The number of hydrogen-bond donors (Lipinski definition) is 0. The van der Waals surface area contributed by atoms with Crippen LogP contribution in [0.25, 0.3) is 0 Å². The van der Waals surface area contributed by atoms with Crippen LogP contribution >= 0.6 is 0 Å². The van der Waals surface area contributed by atoms with Crippen molar-refractivity contribution in [1.82, 2.24) is 9.55 Å².